The fraction of sp³-hybridized carbons (Fsp3) is 0.538. The lowest BCUT2D eigenvalue weighted by Crippen LogP contribution is -2.41. The van der Waals surface area contributed by atoms with Crippen molar-refractivity contribution in [2.45, 2.75) is 23.1 Å². The Labute approximate surface area is 129 Å². The molecule has 120 valence electrons. The van der Waals surface area contributed by atoms with Crippen molar-refractivity contribution in [3.8, 4) is 11.5 Å². The van der Waals surface area contributed by atoms with E-state index in [1.807, 2.05) is 6.26 Å². The van der Waals surface area contributed by atoms with Crippen LogP contribution in [0.2, 0.25) is 0 Å². The Balaban J connectivity index is 3.08. The van der Waals surface area contributed by atoms with Gasteiger partial charge in [0.05, 0.1) is 20.8 Å². The summed E-state index contributed by atoms with van der Waals surface area (Å²) in [6.45, 7) is 1.61. The van der Waals surface area contributed by atoms with Crippen LogP contribution in [0, 0.1) is 0 Å². The third-order valence-electron chi connectivity index (χ3n) is 3.04. The fourth-order valence-corrected chi connectivity index (χ4v) is 3.96. The molecule has 0 aromatic heterocycles. The number of aliphatic hydroxyl groups excluding tert-OH is 1. The van der Waals surface area contributed by atoms with Crippen molar-refractivity contribution < 1.29 is 23.0 Å². The van der Waals surface area contributed by atoms with Crippen LogP contribution in [0.4, 0.5) is 0 Å². The van der Waals surface area contributed by atoms with Crippen molar-refractivity contribution >= 4 is 21.8 Å². The second-order valence-electron chi connectivity index (χ2n) is 4.38. The highest BCUT2D eigenvalue weighted by Gasteiger charge is 2.25. The number of benzene rings is 1. The largest absolute Gasteiger partial charge is 0.497 e. The van der Waals surface area contributed by atoms with Crippen LogP contribution in [0.1, 0.15) is 6.92 Å². The van der Waals surface area contributed by atoms with Crippen LogP contribution in [0.3, 0.4) is 0 Å². The fourth-order valence-electron chi connectivity index (χ4n) is 1.82. The minimum Gasteiger partial charge on any atom is -0.497 e. The summed E-state index contributed by atoms with van der Waals surface area (Å²) < 4.78 is 37.6. The normalized spacial score (nSPS) is 14.5. The number of rotatable bonds is 8. The van der Waals surface area contributed by atoms with E-state index in [1.54, 1.807) is 13.0 Å². The van der Waals surface area contributed by atoms with E-state index in [4.69, 9.17) is 9.47 Å². The van der Waals surface area contributed by atoms with Gasteiger partial charge < -0.3 is 14.6 Å². The van der Waals surface area contributed by atoms with E-state index in [1.165, 1.54) is 38.1 Å². The molecule has 0 spiro atoms. The Morgan fingerprint density at radius 3 is 2.48 bits per heavy atom. The van der Waals surface area contributed by atoms with Gasteiger partial charge in [-0.2, -0.15) is 11.8 Å². The lowest BCUT2D eigenvalue weighted by molar-refractivity contribution is 0.282. The highest BCUT2D eigenvalue weighted by Crippen LogP contribution is 2.28. The number of methoxy groups -OCH3 is 2. The van der Waals surface area contributed by atoms with Crippen molar-refractivity contribution in [1.29, 1.82) is 0 Å². The number of ether oxygens (including phenoxy) is 2. The van der Waals surface area contributed by atoms with Crippen molar-refractivity contribution in [2.24, 2.45) is 0 Å². The molecule has 1 rings (SSSR count). The molecule has 0 heterocycles. The van der Waals surface area contributed by atoms with Gasteiger partial charge in [-0.15, -0.1) is 0 Å². The third-order valence-corrected chi connectivity index (χ3v) is 5.80. The molecule has 2 unspecified atom stereocenters. The van der Waals surface area contributed by atoms with Crippen molar-refractivity contribution in [2.75, 3.05) is 27.1 Å². The first-order chi connectivity index (χ1) is 9.89. The van der Waals surface area contributed by atoms with Crippen molar-refractivity contribution in [1.82, 2.24) is 4.72 Å². The van der Waals surface area contributed by atoms with Gasteiger partial charge in [0.25, 0.3) is 0 Å². The molecule has 0 saturated heterocycles. The van der Waals surface area contributed by atoms with Gasteiger partial charge >= 0.3 is 0 Å². The van der Waals surface area contributed by atoms with Crippen molar-refractivity contribution in [3.05, 3.63) is 18.2 Å². The molecule has 21 heavy (non-hydrogen) atoms. The molecule has 0 radical (unpaired) electrons. The molecule has 0 fully saturated rings. The molecule has 2 atom stereocenters. The van der Waals surface area contributed by atoms with Gasteiger partial charge in [-0.3, -0.25) is 0 Å². The summed E-state index contributed by atoms with van der Waals surface area (Å²) in [5.41, 5.74) is 0. The zero-order valence-corrected chi connectivity index (χ0v) is 14.1. The van der Waals surface area contributed by atoms with Crippen LogP contribution in [-0.4, -0.2) is 51.9 Å². The van der Waals surface area contributed by atoms with E-state index >= 15 is 0 Å². The summed E-state index contributed by atoms with van der Waals surface area (Å²) in [4.78, 5) is 0.0374. The van der Waals surface area contributed by atoms with Gasteiger partial charge in [0, 0.05) is 17.4 Å². The zero-order chi connectivity index (χ0) is 16.0. The summed E-state index contributed by atoms with van der Waals surface area (Å²) in [7, 11) is -0.855. The number of hydrogen-bond donors (Lipinski definition) is 2. The van der Waals surface area contributed by atoms with Gasteiger partial charge in [0.2, 0.25) is 10.0 Å². The number of thioether (sulfide) groups is 1. The lowest BCUT2D eigenvalue weighted by Gasteiger charge is -2.21. The van der Waals surface area contributed by atoms with Crippen LogP contribution in [-0.2, 0) is 10.0 Å². The minimum absolute atomic E-state index is 0.0374. The first-order valence-corrected chi connectivity index (χ1v) is 9.04. The maximum Gasteiger partial charge on any atom is 0.244 e. The molecule has 0 aliphatic heterocycles. The second kappa shape index (κ2) is 7.88. The number of hydrogen-bond acceptors (Lipinski definition) is 6. The SMILES string of the molecule is COc1ccc(S(=O)(=O)NC(C)C(CO)SC)c(OC)c1. The van der Waals surface area contributed by atoms with Gasteiger partial charge in [0.1, 0.15) is 16.4 Å². The minimum atomic E-state index is -3.75. The average molecular weight is 335 g/mol. The van der Waals surface area contributed by atoms with Crippen LogP contribution in [0.15, 0.2) is 23.1 Å². The molecule has 6 nitrogen and oxygen atoms in total. The average Bonchev–Trinajstić information content (AvgIpc) is 2.47. The van der Waals surface area contributed by atoms with Gasteiger partial charge in [0.15, 0.2) is 0 Å². The van der Waals surface area contributed by atoms with Gasteiger partial charge in [-0.05, 0) is 25.3 Å². The maximum absolute atomic E-state index is 12.4. The first kappa shape index (κ1) is 18.1. The third kappa shape index (κ3) is 4.50. The smallest absolute Gasteiger partial charge is 0.244 e. The first-order valence-electron chi connectivity index (χ1n) is 6.27. The summed E-state index contributed by atoms with van der Waals surface area (Å²) in [6, 6.07) is 4.08. The highest BCUT2D eigenvalue weighted by molar-refractivity contribution is 7.99. The summed E-state index contributed by atoms with van der Waals surface area (Å²) >= 11 is 1.40. The Morgan fingerprint density at radius 2 is 2.00 bits per heavy atom. The Bertz CT molecular complexity index is 558. The highest BCUT2D eigenvalue weighted by atomic mass is 32.2. The van der Waals surface area contributed by atoms with E-state index in [-0.39, 0.29) is 22.5 Å². The molecule has 0 aliphatic rings. The molecule has 8 heteroatoms. The number of nitrogens with one attached hydrogen (secondary N) is 1. The second-order valence-corrected chi connectivity index (χ2v) is 7.14. The predicted molar refractivity (Wildman–Crippen MR) is 83.7 cm³/mol. The lowest BCUT2D eigenvalue weighted by atomic mass is 10.3. The Morgan fingerprint density at radius 1 is 1.33 bits per heavy atom. The molecular weight excluding hydrogens is 314 g/mol. The monoisotopic (exact) mass is 335 g/mol. The zero-order valence-electron chi connectivity index (χ0n) is 12.5. The van der Waals surface area contributed by atoms with Crippen LogP contribution in [0.5, 0.6) is 11.5 Å². The predicted octanol–water partition coefficient (Wildman–Crippen LogP) is 1.09. The van der Waals surface area contributed by atoms with E-state index < -0.39 is 16.1 Å². The van der Waals surface area contributed by atoms with Crippen LogP contribution in [0.25, 0.3) is 0 Å². The topological polar surface area (TPSA) is 84.9 Å². The molecule has 0 bridgehead atoms. The summed E-state index contributed by atoms with van der Waals surface area (Å²) in [6.07, 6.45) is 1.82. The van der Waals surface area contributed by atoms with Crippen LogP contribution < -0.4 is 14.2 Å². The van der Waals surface area contributed by atoms with Crippen molar-refractivity contribution in [3.63, 3.8) is 0 Å². The van der Waals surface area contributed by atoms with E-state index in [9.17, 15) is 13.5 Å². The number of sulfonamides is 1. The Hall–Kier alpha value is -0.960. The quantitative estimate of drug-likeness (QED) is 0.740. The molecule has 1 aromatic carbocycles. The van der Waals surface area contributed by atoms with E-state index in [2.05, 4.69) is 4.72 Å². The molecule has 0 aliphatic carbocycles. The molecular formula is C13H21NO5S2. The van der Waals surface area contributed by atoms with Gasteiger partial charge in [-0.1, -0.05) is 0 Å². The summed E-state index contributed by atoms with van der Waals surface area (Å²) in [5.74, 6) is 0.718. The molecule has 0 amide bonds. The molecule has 0 saturated carbocycles. The van der Waals surface area contributed by atoms with Gasteiger partial charge in [-0.25, -0.2) is 13.1 Å². The van der Waals surface area contributed by atoms with E-state index in [0.29, 0.717) is 5.75 Å². The maximum atomic E-state index is 12.4. The molecule has 1 aromatic rings. The van der Waals surface area contributed by atoms with Crippen LogP contribution >= 0.6 is 11.8 Å². The Kier molecular flexibility index (Phi) is 6.79. The summed E-state index contributed by atoms with van der Waals surface area (Å²) in [5, 5.41) is 9.02. The standard InChI is InChI=1S/C13H21NO5S2/c1-9(12(8-15)20-4)14-21(16,17)13-6-5-10(18-2)7-11(13)19-3/h5-7,9,12,14-15H,8H2,1-4H3. The van der Waals surface area contributed by atoms with E-state index in [0.717, 1.165) is 0 Å². The molecule has 2 N–H and O–H groups in total. The number of aliphatic hydroxyl groups is 1.